The van der Waals surface area contributed by atoms with Crippen molar-refractivity contribution in [2.24, 2.45) is 0 Å². The lowest BCUT2D eigenvalue weighted by Crippen LogP contribution is -2.36. The maximum Gasteiger partial charge on any atom is 0.261 e. The molecule has 0 aliphatic carbocycles. The van der Waals surface area contributed by atoms with Crippen LogP contribution in [-0.4, -0.2) is 44.7 Å². The minimum atomic E-state index is -0.142. The minimum absolute atomic E-state index is 0.120. The van der Waals surface area contributed by atoms with E-state index in [-0.39, 0.29) is 18.2 Å². The number of ether oxygens (including phenoxy) is 1. The van der Waals surface area contributed by atoms with Gasteiger partial charge in [-0.3, -0.25) is 9.59 Å². The van der Waals surface area contributed by atoms with Gasteiger partial charge in [0.25, 0.3) is 5.91 Å². The molecule has 2 N–H and O–H groups in total. The van der Waals surface area contributed by atoms with E-state index in [1.165, 1.54) is 11.3 Å². The summed E-state index contributed by atoms with van der Waals surface area (Å²) in [7, 11) is 0. The van der Waals surface area contributed by atoms with Gasteiger partial charge in [-0.25, -0.2) is 0 Å². The first-order valence-corrected chi connectivity index (χ1v) is 9.14. The van der Waals surface area contributed by atoms with Gasteiger partial charge < -0.3 is 20.3 Å². The maximum absolute atomic E-state index is 12.1. The number of nitrogens with zero attached hydrogens (tertiary/aromatic N) is 1. The Labute approximate surface area is 150 Å². The number of rotatable bonds is 6. The standard InChI is InChI=1S/C18H21N3O3S/c22-17(6-7-19-18(23)16-5-2-12-25-16)20-14-3-1-4-15(13-14)21-8-10-24-11-9-21/h1-5,12-13H,6-11H2,(H,19,23)(H,20,22). The molecule has 0 atom stereocenters. The minimum Gasteiger partial charge on any atom is -0.378 e. The van der Waals surface area contributed by atoms with Crippen molar-refractivity contribution in [3.05, 3.63) is 46.7 Å². The van der Waals surface area contributed by atoms with Crippen LogP contribution < -0.4 is 15.5 Å². The Morgan fingerprint density at radius 3 is 2.76 bits per heavy atom. The highest BCUT2D eigenvalue weighted by Gasteiger charge is 2.12. The van der Waals surface area contributed by atoms with Crippen LogP contribution in [0.2, 0.25) is 0 Å². The lowest BCUT2D eigenvalue weighted by Gasteiger charge is -2.29. The average Bonchev–Trinajstić information content (AvgIpc) is 3.17. The van der Waals surface area contributed by atoms with Gasteiger partial charge in [0, 0.05) is 37.4 Å². The Morgan fingerprint density at radius 1 is 1.16 bits per heavy atom. The van der Waals surface area contributed by atoms with Crippen LogP contribution in [0.3, 0.4) is 0 Å². The van der Waals surface area contributed by atoms with E-state index < -0.39 is 0 Å². The fourth-order valence-corrected chi connectivity index (χ4v) is 3.25. The van der Waals surface area contributed by atoms with E-state index in [1.54, 1.807) is 6.07 Å². The molecule has 1 fully saturated rings. The fourth-order valence-electron chi connectivity index (χ4n) is 2.61. The van der Waals surface area contributed by atoms with Crippen molar-refractivity contribution in [3.8, 4) is 0 Å². The van der Waals surface area contributed by atoms with Gasteiger partial charge in [0.2, 0.25) is 5.91 Å². The summed E-state index contributed by atoms with van der Waals surface area (Å²) in [5.41, 5.74) is 1.84. The van der Waals surface area contributed by atoms with Gasteiger partial charge in [0.1, 0.15) is 0 Å². The summed E-state index contributed by atoms with van der Waals surface area (Å²) in [6, 6.07) is 11.4. The molecule has 132 valence electrons. The number of hydrogen-bond donors (Lipinski definition) is 2. The number of thiophene rings is 1. The van der Waals surface area contributed by atoms with Crippen molar-refractivity contribution in [1.29, 1.82) is 0 Å². The highest BCUT2D eigenvalue weighted by Crippen LogP contribution is 2.20. The lowest BCUT2D eigenvalue weighted by molar-refractivity contribution is -0.116. The number of benzene rings is 1. The second kappa shape index (κ2) is 8.64. The molecule has 2 amide bonds. The van der Waals surface area contributed by atoms with Crippen molar-refractivity contribution < 1.29 is 14.3 Å². The van der Waals surface area contributed by atoms with E-state index >= 15 is 0 Å². The van der Waals surface area contributed by atoms with Crippen LogP contribution >= 0.6 is 11.3 Å². The molecule has 1 aromatic heterocycles. The van der Waals surface area contributed by atoms with Crippen molar-refractivity contribution in [2.45, 2.75) is 6.42 Å². The molecule has 1 aliphatic heterocycles. The van der Waals surface area contributed by atoms with E-state index in [0.717, 1.165) is 37.7 Å². The Morgan fingerprint density at radius 2 is 2.00 bits per heavy atom. The zero-order valence-electron chi connectivity index (χ0n) is 13.9. The number of morpholine rings is 1. The highest BCUT2D eigenvalue weighted by molar-refractivity contribution is 7.12. The van der Waals surface area contributed by atoms with Crippen LogP contribution in [0.4, 0.5) is 11.4 Å². The summed E-state index contributed by atoms with van der Waals surface area (Å²) < 4.78 is 5.36. The van der Waals surface area contributed by atoms with E-state index in [0.29, 0.717) is 11.4 Å². The van der Waals surface area contributed by atoms with Gasteiger partial charge in [-0.2, -0.15) is 0 Å². The van der Waals surface area contributed by atoms with E-state index in [1.807, 2.05) is 35.7 Å². The van der Waals surface area contributed by atoms with Gasteiger partial charge in [-0.1, -0.05) is 12.1 Å². The molecule has 3 rings (SSSR count). The summed E-state index contributed by atoms with van der Waals surface area (Å²) in [6.07, 6.45) is 0.235. The van der Waals surface area contributed by atoms with Crippen LogP contribution in [0.1, 0.15) is 16.1 Å². The first kappa shape index (κ1) is 17.4. The van der Waals surface area contributed by atoms with Gasteiger partial charge in [-0.05, 0) is 29.6 Å². The molecule has 1 aliphatic rings. The largest absolute Gasteiger partial charge is 0.378 e. The molecule has 0 spiro atoms. The molecule has 7 heteroatoms. The zero-order valence-corrected chi connectivity index (χ0v) is 14.7. The molecular weight excluding hydrogens is 338 g/mol. The maximum atomic E-state index is 12.1. The van der Waals surface area contributed by atoms with E-state index in [2.05, 4.69) is 15.5 Å². The molecule has 2 heterocycles. The molecule has 0 unspecified atom stereocenters. The Kier molecular flexibility index (Phi) is 6.03. The molecule has 6 nitrogen and oxygen atoms in total. The van der Waals surface area contributed by atoms with Crippen molar-refractivity contribution in [2.75, 3.05) is 43.1 Å². The topological polar surface area (TPSA) is 70.7 Å². The van der Waals surface area contributed by atoms with Crippen LogP contribution in [0.15, 0.2) is 41.8 Å². The fraction of sp³-hybridized carbons (Fsp3) is 0.333. The van der Waals surface area contributed by atoms with Crippen LogP contribution in [0.25, 0.3) is 0 Å². The summed E-state index contributed by atoms with van der Waals surface area (Å²) in [5.74, 6) is -0.261. The smallest absolute Gasteiger partial charge is 0.261 e. The second-order valence-electron chi connectivity index (χ2n) is 5.68. The first-order valence-electron chi connectivity index (χ1n) is 8.27. The van der Waals surface area contributed by atoms with Crippen molar-refractivity contribution in [3.63, 3.8) is 0 Å². The van der Waals surface area contributed by atoms with Crippen molar-refractivity contribution in [1.82, 2.24) is 5.32 Å². The number of carbonyl (C=O) groups is 2. The molecular formula is C18H21N3O3S. The lowest BCUT2D eigenvalue weighted by atomic mass is 10.2. The van der Waals surface area contributed by atoms with Gasteiger partial charge in [0.15, 0.2) is 0 Å². The Bertz CT molecular complexity index is 712. The van der Waals surface area contributed by atoms with E-state index in [4.69, 9.17) is 4.74 Å². The Balaban J connectivity index is 1.46. The SMILES string of the molecule is O=C(CCNC(=O)c1cccs1)Nc1cccc(N2CCOCC2)c1. The number of amides is 2. The zero-order chi connectivity index (χ0) is 17.5. The van der Waals surface area contributed by atoms with Crippen LogP contribution in [-0.2, 0) is 9.53 Å². The Hall–Kier alpha value is -2.38. The number of anilines is 2. The third-order valence-corrected chi connectivity index (χ3v) is 4.76. The first-order chi connectivity index (χ1) is 12.2. The van der Waals surface area contributed by atoms with Crippen LogP contribution in [0, 0.1) is 0 Å². The number of nitrogens with one attached hydrogen (secondary N) is 2. The second-order valence-corrected chi connectivity index (χ2v) is 6.63. The van der Waals surface area contributed by atoms with Gasteiger partial charge >= 0.3 is 0 Å². The third kappa shape index (κ3) is 5.04. The summed E-state index contributed by atoms with van der Waals surface area (Å²) in [5, 5.41) is 7.49. The van der Waals surface area contributed by atoms with Crippen LogP contribution in [0.5, 0.6) is 0 Å². The normalized spacial score (nSPS) is 14.2. The summed E-state index contributed by atoms with van der Waals surface area (Å²) in [6.45, 7) is 3.46. The molecule has 0 radical (unpaired) electrons. The molecule has 1 aromatic carbocycles. The predicted octanol–water partition coefficient (Wildman–Crippen LogP) is 2.34. The monoisotopic (exact) mass is 359 g/mol. The number of hydrogen-bond acceptors (Lipinski definition) is 5. The quantitative estimate of drug-likeness (QED) is 0.831. The molecule has 2 aromatic rings. The van der Waals surface area contributed by atoms with E-state index in [9.17, 15) is 9.59 Å². The highest BCUT2D eigenvalue weighted by atomic mass is 32.1. The predicted molar refractivity (Wildman–Crippen MR) is 99.4 cm³/mol. The molecule has 0 bridgehead atoms. The molecule has 1 saturated heterocycles. The summed E-state index contributed by atoms with van der Waals surface area (Å²) in [4.78, 5) is 26.8. The summed E-state index contributed by atoms with van der Waals surface area (Å²) >= 11 is 1.38. The van der Waals surface area contributed by atoms with Gasteiger partial charge in [0.05, 0.1) is 18.1 Å². The number of carbonyl (C=O) groups excluding carboxylic acids is 2. The third-order valence-electron chi connectivity index (χ3n) is 3.89. The van der Waals surface area contributed by atoms with Gasteiger partial charge in [-0.15, -0.1) is 11.3 Å². The molecule has 25 heavy (non-hydrogen) atoms. The van der Waals surface area contributed by atoms with Crippen molar-refractivity contribution >= 4 is 34.5 Å². The average molecular weight is 359 g/mol. The molecule has 0 saturated carbocycles.